The van der Waals surface area contributed by atoms with Gasteiger partial charge in [0.2, 0.25) is 5.91 Å². The minimum atomic E-state index is -0.0942. The second kappa shape index (κ2) is 7.02. The second-order valence-electron chi connectivity index (χ2n) is 7.13. The Morgan fingerprint density at radius 2 is 2.04 bits per heavy atom. The van der Waals surface area contributed by atoms with Crippen molar-refractivity contribution in [3.05, 3.63) is 35.4 Å². The van der Waals surface area contributed by atoms with Crippen LogP contribution >= 0.6 is 0 Å². The van der Waals surface area contributed by atoms with Crippen LogP contribution in [0.1, 0.15) is 37.8 Å². The molecule has 1 amide bonds. The first-order valence-corrected chi connectivity index (χ1v) is 8.82. The number of hydrogen-bond donors (Lipinski definition) is 1. The molecule has 23 heavy (non-hydrogen) atoms. The average Bonchev–Trinajstić information content (AvgIpc) is 2.60. The van der Waals surface area contributed by atoms with Gasteiger partial charge in [0, 0.05) is 32.3 Å². The van der Waals surface area contributed by atoms with Crippen LogP contribution in [0.3, 0.4) is 0 Å². The molecular formula is C19H28N2O2. The molecule has 0 aliphatic carbocycles. The predicted molar refractivity (Wildman–Crippen MR) is 91.0 cm³/mol. The Hall–Kier alpha value is -1.39. The number of fused-ring (bicyclic) bond motifs is 1. The molecule has 2 aliphatic heterocycles. The number of aliphatic hydroxyl groups excluding tert-OH is 1. The molecule has 1 N–H and O–H groups in total. The number of carbonyl (C=O) groups is 1. The second-order valence-corrected chi connectivity index (χ2v) is 7.13. The lowest BCUT2D eigenvalue weighted by molar-refractivity contribution is -0.141. The largest absolute Gasteiger partial charge is 0.396 e. The normalized spacial score (nSPS) is 26.7. The van der Waals surface area contributed by atoms with Crippen LogP contribution in [-0.4, -0.2) is 52.6 Å². The monoisotopic (exact) mass is 316 g/mol. The van der Waals surface area contributed by atoms with Gasteiger partial charge in [-0.25, -0.2) is 0 Å². The van der Waals surface area contributed by atoms with E-state index in [9.17, 15) is 9.90 Å². The van der Waals surface area contributed by atoms with Gasteiger partial charge < -0.3 is 10.0 Å². The van der Waals surface area contributed by atoms with Crippen molar-refractivity contribution in [2.24, 2.45) is 5.92 Å². The van der Waals surface area contributed by atoms with Crippen molar-refractivity contribution in [3.8, 4) is 0 Å². The molecule has 3 unspecified atom stereocenters. The van der Waals surface area contributed by atoms with Gasteiger partial charge in [-0.3, -0.25) is 9.69 Å². The Bertz CT molecular complexity index is 560. The fraction of sp³-hybridized carbons (Fsp3) is 0.632. The van der Waals surface area contributed by atoms with E-state index in [2.05, 4.69) is 36.1 Å². The van der Waals surface area contributed by atoms with Crippen LogP contribution in [0.4, 0.5) is 0 Å². The third kappa shape index (κ3) is 3.43. The van der Waals surface area contributed by atoms with Crippen LogP contribution in [0.25, 0.3) is 0 Å². The fourth-order valence-corrected chi connectivity index (χ4v) is 3.88. The summed E-state index contributed by atoms with van der Waals surface area (Å²) < 4.78 is 0. The lowest BCUT2D eigenvalue weighted by Crippen LogP contribution is -2.54. The smallest absolute Gasteiger partial charge is 0.239 e. The summed E-state index contributed by atoms with van der Waals surface area (Å²) in [6.07, 6.45) is 3.03. The zero-order chi connectivity index (χ0) is 16.4. The Balaban J connectivity index is 1.68. The summed E-state index contributed by atoms with van der Waals surface area (Å²) in [5.74, 6) is 0.458. The molecule has 3 rings (SSSR count). The van der Waals surface area contributed by atoms with Crippen molar-refractivity contribution in [1.82, 2.24) is 9.80 Å². The van der Waals surface area contributed by atoms with Crippen molar-refractivity contribution >= 4 is 5.91 Å². The van der Waals surface area contributed by atoms with Gasteiger partial charge in [-0.2, -0.15) is 0 Å². The zero-order valence-electron chi connectivity index (χ0n) is 14.2. The maximum atomic E-state index is 13.0. The number of amides is 1. The van der Waals surface area contributed by atoms with Gasteiger partial charge >= 0.3 is 0 Å². The molecule has 0 spiro atoms. The standard InChI is InChI=1S/C19H28N2O2/c1-14-7-8-16(13-22)11-21(14)19(23)15(2)20-10-9-17-5-3-4-6-18(17)12-20/h3-6,14-16,22H,7-13H2,1-2H3. The number of hydrogen-bond acceptors (Lipinski definition) is 3. The molecule has 0 aromatic heterocycles. The van der Waals surface area contributed by atoms with Crippen molar-refractivity contribution in [2.75, 3.05) is 19.7 Å². The van der Waals surface area contributed by atoms with Crippen LogP contribution in [0.15, 0.2) is 24.3 Å². The quantitative estimate of drug-likeness (QED) is 0.928. The van der Waals surface area contributed by atoms with E-state index >= 15 is 0 Å². The summed E-state index contributed by atoms with van der Waals surface area (Å²) >= 11 is 0. The highest BCUT2D eigenvalue weighted by molar-refractivity contribution is 5.82. The molecule has 3 atom stereocenters. The molecule has 2 heterocycles. The first-order valence-electron chi connectivity index (χ1n) is 8.82. The number of piperidine rings is 1. The molecule has 1 aromatic rings. The number of aliphatic hydroxyl groups is 1. The first-order chi connectivity index (χ1) is 11.1. The Labute approximate surface area is 139 Å². The van der Waals surface area contributed by atoms with Gasteiger partial charge in [-0.05, 0) is 50.2 Å². The van der Waals surface area contributed by atoms with Gasteiger partial charge in [0.05, 0.1) is 6.04 Å². The lowest BCUT2D eigenvalue weighted by atomic mass is 9.93. The molecule has 1 aromatic carbocycles. The number of likely N-dealkylation sites (tertiary alicyclic amines) is 1. The van der Waals surface area contributed by atoms with E-state index in [1.54, 1.807) is 0 Å². The summed E-state index contributed by atoms with van der Waals surface area (Å²) in [7, 11) is 0. The number of rotatable bonds is 3. The minimum absolute atomic E-state index is 0.0942. The van der Waals surface area contributed by atoms with Crippen LogP contribution < -0.4 is 0 Å². The number of benzene rings is 1. The predicted octanol–water partition coefficient (Wildman–Crippen LogP) is 2.05. The first kappa shape index (κ1) is 16.5. The molecule has 4 heteroatoms. The van der Waals surface area contributed by atoms with Crippen molar-refractivity contribution in [1.29, 1.82) is 0 Å². The summed E-state index contributed by atoms with van der Waals surface area (Å²) in [5, 5.41) is 9.43. The Morgan fingerprint density at radius 3 is 2.78 bits per heavy atom. The van der Waals surface area contributed by atoms with E-state index in [0.29, 0.717) is 6.54 Å². The topological polar surface area (TPSA) is 43.8 Å². The highest BCUT2D eigenvalue weighted by atomic mass is 16.3. The Kier molecular flexibility index (Phi) is 5.02. The highest BCUT2D eigenvalue weighted by Crippen LogP contribution is 2.25. The minimum Gasteiger partial charge on any atom is -0.396 e. The van der Waals surface area contributed by atoms with Crippen molar-refractivity contribution < 1.29 is 9.90 Å². The van der Waals surface area contributed by atoms with E-state index in [4.69, 9.17) is 0 Å². The average molecular weight is 316 g/mol. The summed E-state index contributed by atoms with van der Waals surface area (Å²) in [6.45, 7) is 6.84. The molecule has 1 fully saturated rings. The van der Waals surface area contributed by atoms with Crippen molar-refractivity contribution in [3.63, 3.8) is 0 Å². The van der Waals surface area contributed by atoms with Crippen molar-refractivity contribution in [2.45, 2.75) is 51.7 Å². The molecule has 1 saturated heterocycles. The molecule has 2 aliphatic rings. The molecule has 126 valence electrons. The van der Waals surface area contributed by atoms with Crippen LogP contribution in [0.2, 0.25) is 0 Å². The third-order valence-electron chi connectivity index (χ3n) is 5.59. The molecule has 4 nitrogen and oxygen atoms in total. The SMILES string of the molecule is CC(C(=O)N1CC(CO)CCC1C)N1CCc2ccccc2C1. The molecule has 0 saturated carbocycles. The molecule has 0 radical (unpaired) electrons. The van der Waals surface area contributed by atoms with Crippen LogP contribution in [-0.2, 0) is 17.8 Å². The summed E-state index contributed by atoms with van der Waals surface area (Å²) in [4.78, 5) is 17.3. The molecule has 0 bridgehead atoms. The maximum absolute atomic E-state index is 13.0. The van der Waals surface area contributed by atoms with Gasteiger partial charge in [-0.15, -0.1) is 0 Å². The van der Waals surface area contributed by atoms with Crippen LogP contribution in [0, 0.1) is 5.92 Å². The van der Waals surface area contributed by atoms with Crippen LogP contribution in [0.5, 0.6) is 0 Å². The Morgan fingerprint density at radius 1 is 1.30 bits per heavy atom. The highest BCUT2D eigenvalue weighted by Gasteiger charge is 2.34. The van der Waals surface area contributed by atoms with E-state index in [1.807, 2.05) is 11.8 Å². The molecular weight excluding hydrogens is 288 g/mol. The summed E-state index contributed by atoms with van der Waals surface area (Å²) in [6, 6.07) is 8.72. The number of nitrogens with zero attached hydrogens (tertiary/aromatic N) is 2. The summed E-state index contributed by atoms with van der Waals surface area (Å²) in [5.41, 5.74) is 2.76. The maximum Gasteiger partial charge on any atom is 0.239 e. The third-order valence-corrected chi connectivity index (χ3v) is 5.59. The zero-order valence-corrected chi connectivity index (χ0v) is 14.2. The van der Waals surface area contributed by atoms with E-state index < -0.39 is 0 Å². The van der Waals surface area contributed by atoms with Gasteiger partial charge in [0.1, 0.15) is 0 Å². The van der Waals surface area contributed by atoms with Gasteiger partial charge in [0.15, 0.2) is 0 Å². The van der Waals surface area contributed by atoms with Gasteiger partial charge in [-0.1, -0.05) is 24.3 Å². The fourth-order valence-electron chi connectivity index (χ4n) is 3.88. The van der Waals surface area contributed by atoms with E-state index in [1.165, 1.54) is 11.1 Å². The van der Waals surface area contributed by atoms with E-state index in [-0.39, 0.29) is 30.5 Å². The van der Waals surface area contributed by atoms with Gasteiger partial charge in [0.25, 0.3) is 0 Å². The lowest BCUT2D eigenvalue weighted by Gasteiger charge is -2.41. The van der Waals surface area contributed by atoms with E-state index in [0.717, 1.165) is 32.4 Å². The number of carbonyl (C=O) groups excluding carboxylic acids is 1.